The molecule has 1 heterocycles. The molecule has 0 radical (unpaired) electrons. The first-order chi connectivity index (χ1) is 16.5. The molecule has 1 N–H and O–H groups in total. The maximum atomic E-state index is 13.2. The molecule has 0 aliphatic carbocycles. The van der Waals surface area contributed by atoms with Crippen molar-refractivity contribution < 1.29 is 24.2 Å². The number of nitrogens with zero attached hydrogens (tertiary/aromatic N) is 1. The number of methoxy groups -OCH3 is 1. The topological polar surface area (TPSA) is 76.1 Å². The third-order valence-electron chi connectivity index (χ3n) is 5.94. The third kappa shape index (κ3) is 4.27. The molecule has 1 unspecified atom stereocenters. The fourth-order valence-corrected chi connectivity index (χ4v) is 4.31. The number of ether oxygens (including phenoxy) is 2. The number of hydrogen-bond donors (Lipinski definition) is 1. The van der Waals surface area contributed by atoms with E-state index < -0.39 is 17.7 Å². The van der Waals surface area contributed by atoms with Crippen LogP contribution in [0.25, 0.3) is 5.76 Å². The van der Waals surface area contributed by atoms with Gasteiger partial charge in [0.2, 0.25) is 0 Å². The smallest absolute Gasteiger partial charge is 0.295 e. The van der Waals surface area contributed by atoms with Crippen LogP contribution in [0, 0.1) is 6.92 Å². The molecule has 1 aliphatic rings. The molecule has 34 heavy (non-hydrogen) atoms. The average Bonchev–Trinajstić information content (AvgIpc) is 3.10. The lowest BCUT2D eigenvalue weighted by atomic mass is 9.94. The van der Waals surface area contributed by atoms with Crippen LogP contribution in [0.5, 0.6) is 11.5 Å². The van der Waals surface area contributed by atoms with Crippen LogP contribution in [-0.2, 0) is 16.1 Å². The minimum Gasteiger partial charge on any atom is -0.507 e. The Balaban J connectivity index is 1.84. The summed E-state index contributed by atoms with van der Waals surface area (Å²) in [6, 6.07) is 21.1. The molecule has 174 valence electrons. The number of rotatable bonds is 7. The largest absolute Gasteiger partial charge is 0.507 e. The van der Waals surface area contributed by atoms with Gasteiger partial charge in [0, 0.05) is 11.1 Å². The highest BCUT2D eigenvalue weighted by molar-refractivity contribution is 6.46. The van der Waals surface area contributed by atoms with Crippen LogP contribution in [-0.4, -0.2) is 35.4 Å². The molecule has 0 spiro atoms. The summed E-state index contributed by atoms with van der Waals surface area (Å²) in [5.74, 6) is -0.258. The van der Waals surface area contributed by atoms with E-state index in [1.165, 1.54) is 4.90 Å². The zero-order chi connectivity index (χ0) is 24.2. The highest BCUT2D eigenvalue weighted by Gasteiger charge is 2.46. The second kappa shape index (κ2) is 9.83. The summed E-state index contributed by atoms with van der Waals surface area (Å²) >= 11 is 0. The van der Waals surface area contributed by atoms with Gasteiger partial charge in [-0.3, -0.25) is 9.59 Å². The van der Waals surface area contributed by atoms with Crippen molar-refractivity contribution in [2.24, 2.45) is 0 Å². The maximum absolute atomic E-state index is 13.2. The van der Waals surface area contributed by atoms with Crippen molar-refractivity contribution in [3.63, 3.8) is 0 Å². The van der Waals surface area contributed by atoms with E-state index in [-0.39, 0.29) is 17.9 Å². The van der Waals surface area contributed by atoms with E-state index in [9.17, 15) is 14.7 Å². The van der Waals surface area contributed by atoms with Gasteiger partial charge in [-0.05, 0) is 49.2 Å². The monoisotopic (exact) mass is 457 g/mol. The number of benzene rings is 3. The number of aryl methyl sites for hydroxylation is 1. The quantitative estimate of drug-likeness (QED) is 0.306. The second-order valence-electron chi connectivity index (χ2n) is 8.06. The summed E-state index contributed by atoms with van der Waals surface area (Å²) in [5.41, 5.74) is 2.85. The summed E-state index contributed by atoms with van der Waals surface area (Å²) in [7, 11) is 1.57. The average molecular weight is 458 g/mol. The molecule has 6 nitrogen and oxygen atoms in total. The molecule has 6 heteroatoms. The van der Waals surface area contributed by atoms with Crippen LogP contribution in [0.1, 0.15) is 35.2 Å². The van der Waals surface area contributed by atoms with Gasteiger partial charge in [0.1, 0.15) is 17.3 Å². The predicted octanol–water partition coefficient (Wildman–Crippen LogP) is 5.02. The SMILES string of the molecule is CCOc1ccc(/C(O)=C2/C(=O)C(=O)N(Cc3ccccc3OC)C2c2ccccc2)cc1C. The molecule has 1 aliphatic heterocycles. The molecule has 3 aromatic rings. The molecule has 0 saturated carbocycles. The van der Waals surface area contributed by atoms with Gasteiger partial charge in [-0.2, -0.15) is 0 Å². The number of amides is 1. The number of Topliss-reactive ketones (excluding diaryl/α,β-unsaturated/α-hetero) is 1. The molecule has 4 rings (SSSR count). The van der Waals surface area contributed by atoms with E-state index in [0.29, 0.717) is 23.7 Å². The van der Waals surface area contributed by atoms with Gasteiger partial charge in [0.15, 0.2) is 0 Å². The Bertz CT molecular complexity index is 1250. The van der Waals surface area contributed by atoms with Crippen LogP contribution in [0.2, 0.25) is 0 Å². The number of para-hydroxylation sites is 1. The van der Waals surface area contributed by atoms with Gasteiger partial charge in [-0.1, -0.05) is 48.5 Å². The van der Waals surface area contributed by atoms with E-state index in [2.05, 4.69) is 0 Å². The number of carbonyl (C=O) groups excluding carboxylic acids is 2. The maximum Gasteiger partial charge on any atom is 0.295 e. The van der Waals surface area contributed by atoms with E-state index in [1.54, 1.807) is 25.3 Å². The first kappa shape index (κ1) is 23.1. The summed E-state index contributed by atoms with van der Waals surface area (Å²) in [4.78, 5) is 28.0. The van der Waals surface area contributed by atoms with Crippen LogP contribution >= 0.6 is 0 Å². The van der Waals surface area contributed by atoms with Crippen LogP contribution in [0.4, 0.5) is 0 Å². The molecule has 1 fully saturated rings. The van der Waals surface area contributed by atoms with E-state index in [4.69, 9.17) is 9.47 Å². The van der Waals surface area contributed by atoms with Crippen LogP contribution in [0.15, 0.2) is 78.4 Å². The Morgan fingerprint density at radius 3 is 2.35 bits per heavy atom. The molecular formula is C28H27NO5. The number of carbonyl (C=O) groups is 2. The van der Waals surface area contributed by atoms with Crippen molar-refractivity contribution in [1.82, 2.24) is 4.90 Å². The molecule has 0 bridgehead atoms. The van der Waals surface area contributed by atoms with Crippen molar-refractivity contribution in [1.29, 1.82) is 0 Å². The van der Waals surface area contributed by atoms with Gasteiger partial charge < -0.3 is 19.5 Å². The zero-order valence-electron chi connectivity index (χ0n) is 19.4. The fraction of sp³-hybridized carbons (Fsp3) is 0.214. The van der Waals surface area contributed by atoms with Crippen LogP contribution < -0.4 is 9.47 Å². The molecule has 1 amide bonds. The van der Waals surface area contributed by atoms with Gasteiger partial charge >= 0.3 is 0 Å². The minimum atomic E-state index is -0.738. The van der Waals surface area contributed by atoms with Crippen molar-refractivity contribution in [2.75, 3.05) is 13.7 Å². The highest BCUT2D eigenvalue weighted by atomic mass is 16.5. The van der Waals surface area contributed by atoms with Gasteiger partial charge in [0.05, 0.1) is 31.9 Å². The number of hydrogen-bond acceptors (Lipinski definition) is 5. The lowest BCUT2D eigenvalue weighted by Crippen LogP contribution is -2.29. The first-order valence-electron chi connectivity index (χ1n) is 11.1. The number of aliphatic hydroxyl groups is 1. The van der Waals surface area contributed by atoms with Crippen molar-refractivity contribution >= 4 is 17.4 Å². The first-order valence-corrected chi connectivity index (χ1v) is 11.1. The minimum absolute atomic E-state index is 0.0645. The van der Waals surface area contributed by atoms with Crippen LogP contribution in [0.3, 0.4) is 0 Å². The molecule has 1 atom stereocenters. The predicted molar refractivity (Wildman–Crippen MR) is 130 cm³/mol. The van der Waals surface area contributed by atoms with Crippen molar-refractivity contribution in [3.05, 3.63) is 101 Å². The van der Waals surface area contributed by atoms with Gasteiger partial charge in [-0.15, -0.1) is 0 Å². The normalized spacial score (nSPS) is 17.1. The Labute approximate surface area is 199 Å². The third-order valence-corrected chi connectivity index (χ3v) is 5.94. The molecule has 1 saturated heterocycles. The lowest BCUT2D eigenvalue weighted by Gasteiger charge is -2.26. The highest BCUT2D eigenvalue weighted by Crippen LogP contribution is 2.41. The van der Waals surface area contributed by atoms with E-state index in [0.717, 1.165) is 16.7 Å². The summed E-state index contributed by atoms with van der Waals surface area (Å²) in [6.07, 6.45) is 0. The lowest BCUT2D eigenvalue weighted by molar-refractivity contribution is -0.140. The van der Waals surface area contributed by atoms with E-state index >= 15 is 0 Å². The second-order valence-corrected chi connectivity index (χ2v) is 8.06. The van der Waals surface area contributed by atoms with Gasteiger partial charge in [0.25, 0.3) is 11.7 Å². The van der Waals surface area contributed by atoms with E-state index in [1.807, 2.05) is 68.4 Å². The number of likely N-dealkylation sites (tertiary alicyclic amines) is 1. The summed E-state index contributed by atoms with van der Waals surface area (Å²) in [6.45, 7) is 4.45. The Hall–Kier alpha value is -4.06. The molecular weight excluding hydrogens is 430 g/mol. The standard InChI is InChI=1S/C28H27NO5/c1-4-34-22-15-14-20(16-18(22)2)26(30)24-25(19-10-6-5-7-11-19)29(28(32)27(24)31)17-21-12-8-9-13-23(21)33-3/h5-16,25,30H,4,17H2,1-3H3/b26-24-. The van der Waals surface area contributed by atoms with Crippen molar-refractivity contribution in [2.45, 2.75) is 26.4 Å². The zero-order valence-corrected chi connectivity index (χ0v) is 19.4. The summed E-state index contributed by atoms with van der Waals surface area (Å²) in [5, 5.41) is 11.3. The molecule has 3 aromatic carbocycles. The number of ketones is 1. The Kier molecular flexibility index (Phi) is 6.68. The Morgan fingerprint density at radius 2 is 1.68 bits per heavy atom. The fourth-order valence-electron chi connectivity index (χ4n) is 4.31. The van der Waals surface area contributed by atoms with Crippen molar-refractivity contribution in [3.8, 4) is 11.5 Å². The van der Waals surface area contributed by atoms with Gasteiger partial charge in [-0.25, -0.2) is 0 Å². The number of aliphatic hydroxyl groups excluding tert-OH is 1. The Morgan fingerprint density at radius 1 is 0.971 bits per heavy atom. The molecule has 0 aromatic heterocycles. The summed E-state index contributed by atoms with van der Waals surface area (Å²) < 4.78 is 11.0.